The van der Waals surface area contributed by atoms with Gasteiger partial charge in [0.05, 0.1) is 11.9 Å². The zero-order valence-electron chi connectivity index (χ0n) is 12.2. The average molecular weight is 274 g/mol. The fourth-order valence-electron chi connectivity index (χ4n) is 3.06. The molecule has 108 valence electrons. The van der Waals surface area contributed by atoms with Gasteiger partial charge in [0.15, 0.2) is 0 Å². The van der Waals surface area contributed by atoms with Gasteiger partial charge in [-0.15, -0.1) is 0 Å². The maximum atomic E-state index is 9.20. The highest BCUT2D eigenvalue weighted by Crippen LogP contribution is 2.19. The van der Waals surface area contributed by atoms with Gasteiger partial charge in [-0.25, -0.2) is 9.97 Å². The first kappa shape index (κ1) is 13.5. The second-order valence-electron chi connectivity index (χ2n) is 5.83. The van der Waals surface area contributed by atoms with Crippen LogP contribution >= 0.6 is 0 Å². The fraction of sp³-hybridized carbons (Fsp3) is 0.600. The van der Waals surface area contributed by atoms with Gasteiger partial charge >= 0.3 is 0 Å². The molecule has 3 rings (SSSR count). The molecular formula is C15H22N4O. The Morgan fingerprint density at radius 2 is 2.05 bits per heavy atom. The lowest BCUT2D eigenvalue weighted by Gasteiger charge is -2.30. The van der Waals surface area contributed by atoms with Gasteiger partial charge in [-0.1, -0.05) is 0 Å². The van der Waals surface area contributed by atoms with Gasteiger partial charge in [-0.3, -0.25) is 9.30 Å². The minimum atomic E-state index is 0.325. The number of hydrogen-bond donors (Lipinski definition) is 1. The molecule has 1 N–H and O–H groups in total. The predicted octanol–water partition coefficient (Wildman–Crippen LogP) is 1.55. The molecule has 1 aliphatic heterocycles. The van der Waals surface area contributed by atoms with Crippen LogP contribution in [0.4, 0.5) is 0 Å². The molecule has 1 fully saturated rings. The SMILES string of the molecule is Cc1cc(C)n2c(CN3CCC(CO)CC3)cnc2n1. The van der Waals surface area contributed by atoms with Crippen LogP contribution in [-0.4, -0.2) is 44.1 Å². The standard InChI is InChI=1S/C15H22N4O/c1-11-7-12(2)19-14(8-16-15(19)17-11)9-18-5-3-13(10-20)4-6-18/h7-8,13,20H,3-6,9-10H2,1-2H3. The van der Waals surface area contributed by atoms with E-state index in [0.29, 0.717) is 12.5 Å². The van der Waals surface area contributed by atoms with E-state index in [0.717, 1.165) is 43.9 Å². The monoisotopic (exact) mass is 274 g/mol. The van der Waals surface area contributed by atoms with Crippen LogP contribution in [0.15, 0.2) is 12.3 Å². The number of imidazole rings is 1. The van der Waals surface area contributed by atoms with Crippen LogP contribution in [0, 0.1) is 19.8 Å². The molecule has 3 heterocycles. The summed E-state index contributed by atoms with van der Waals surface area (Å²) in [6.07, 6.45) is 4.11. The van der Waals surface area contributed by atoms with Crippen LogP contribution in [0.1, 0.15) is 29.9 Å². The topological polar surface area (TPSA) is 53.7 Å². The average Bonchev–Trinajstić information content (AvgIpc) is 2.82. The summed E-state index contributed by atoms with van der Waals surface area (Å²) in [5.74, 6) is 1.28. The summed E-state index contributed by atoms with van der Waals surface area (Å²) in [5, 5.41) is 9.20. The summed E-state index contributed by atoms with van der Waals surface area (Å²) in [4.78, 5) is 11.3. The van der Waals surface area contributed by atoms with Crippen molar-refractivity contribution in [3.05, 3.63) is 29.3 Å². The minimum absolute atomic E-state index is 0.325. The van der Waals surface area contributed by atoms with E-state index in [1.54, 1.807) is 0 Å². The number of piperidine rings is 1. The summed E-state index contributed by atoms with van der Waals surface area (Å²) < 4.78 is 2.14. The third-order valence-electron chi connectivity index (χ3n) is 4.21. The summed E-state index contributed by atoms with van der Waals surface area (Å²) in [5.41, 5.74) is 3.40. The number of aliphatic hydroxyl groups excluding tert-OH is 1. The molecule has 0 unspecified atom stereocenters. The van der Waals surface area contributed by atoms with E-state index in [-0.39, 0.29) is 0 Å². The molecule has 0 bridgehead atoms. The van der Waals surface area contributed by atoms with Crippen molar-refractivity contribution in [2.24, 2.45) is 5.92 Å². The normalized spacial score (nSPS) is 17.9. The van der Waals surface area contributed by atoms with Crippen molar-refractivity contribution in [3.63, 3.8) is 0 Å². The molecule has 0 atom stereocenters. The highest BCUT2D eigenvalue weighted by Gasteiger charge is 2.19. The van der Waals surface area contributed by atoms with Crippen LogP contribution in [0.5, 0.6) is 0 Å². The summed E-state index contributed by atoms with van der Waals surface area (Å²) in [6, 6.07) is 2.09. The molecular weight excluding hydrogens is 252 g/mol. The number of nitrogens with zero attached hydrogens (tertiary/aromatic N) is 4. The minimum Gasteiger partial charge on any atom is -0.396 e. The lowest BCUT2D eigenvalue weighted by molar-refractivity contribution is 0.126. The maximum absolute atomic E-state index is 9.20. The van der Waals surface area contributed by atoms with E-state index in [2.05, 4.69) is 32.3 Å². The Bertz CT molecular complexity index is 599. The van der Waals surface area contributed by atoms with Crippen LogP contribution in [0.3, 0.4) is 0 Å². The summed E-state index contributed by atoms with van der Waals surface area (Å²) in [7, 11) is 0. The molecule has 5 heteroatoms. The largest absolute Gasteiger partial charge is 0.396 e. The molecule has 0 amide bonds. The third kappa shape index (κ3) is 2.55. The first-order chi connectivity index (χ1) is 9.67. The molecule has 0 saturated carbocycles. The molecule has 1 saturated heterocycles. The van der Waals surface area contributed by atoms with Crippen molar-refractivity contribution in [2.45, 2.75) is 33.2 Å². The van der Waals surface area contributed by atoms with Gasteiger partial charge in [0, 0.05) is 24.5 Å². The van der Waals surface area contributed by atoms with Crippen molar-refractivity contribution in [1.82, 2.24) is 19.3 Å². The fourth-order valence-corrected chi connectivity index (χ4v) is 3.06. The lowest BCUT2D eigenvalue weighted by Crippen LogP contribution is -2.34. The number of aryl methyl sites for hydroxylation is 2. The predicted molar refractivity (Wildman–Crippen MR) is 77.5 cm³/mol. The Labute approximate surface area is 119 Å². The number of rotatable bonds is 3. The molecule has 20 heavy (non-hydrogen) atoms. The Hall–Kier alpha value is -1.46. The quantitative estimate of drug-likeness (QED) is 0.922. The van der Waals surface area contributed by atoms with Gasteiger partial charge < -0.3 is 5.11 Å². The number of hydrogen-bond acceptors (Lipinski definition) is 4. The Morgan fingerprint density at radius 3 is 2.75 bits per heavy atom. The second-order valence-corrected chi connectivity index (χ2v) is 5.83. The number of fused-ring (bicyclic) bond motifs is 1. The lowest BCUT2D eigenvalue weighted by atomic mass is 9.98. The van der Waals surface area contributed by atoms with Crippen LogP contribution in [0.2, 0.25) is 0 Å². The molecule has 2 aromatic heterocycles. The van der Waals surface area contributed by atoms with E-state index in [9.17, 15) is 5.11 Å². The van der Waals surface area contributed by atoms with E-state index < -0.39 is 0 Å². The van der Waals surface area contributed by atoms with Crippen molar-refractivity contribution in [3.8, 4) is 0 Å². The number of aliphatic hydroxyl groups is 1. The molecule has 0 radical (unpaired) electrons. The van der Waals surface area contributed by atoms with E-state index in [1.165, 1.54) is 11.4 Å². The van der Waals surface area contributed by atoms with Gasteiger partial charge in [-0.05, 0) is 51.8 Å². The van der Waals surface area contributed by atoms with Crippen LogP contribution in [-0.2, 0) is 6.54 Å². The molecule has 2 aromatic rings. The maximum Gasteiger partial charge on any atom is 0.234 e. The van der Waals surface area contributed by atoms with Gasteiger partial charge in [-0.2, -0.15) is 0 Å². The molecule has 0 aliphatic carbocycles. The molecule has 0 spiro atoms. The highest BCUT2D eigenvalue weighted by molar-refractivity contribution is 5.35. The third-order valence-corrected chi connectivity index (χ3v) is 4.21. The van der Waals surface area contributed by atoms with E-state index >= 15 is 0 Å². The number of aromatic nitrogens is 3. The van der Waals surface area contributed by atoms with Crippen LogP contribution in [0.25, 0.3) is 5.78 Å². The zero-order chi connectivity index (χ0) is 14.1. The Balaban J connectivity index is 1.78. The molecule has 0 aromatic carbocycles. The smallest absolute Gasteiger partial charge is 0.234 e. The second kappa shape index (κ2) is 5.50. The van der Waals surface area contributed by atoms with Crippen molar-refractivity contribution >= 4 is 5.78 Å². The highest BCUT2D eigenvalue weighted by atomic mass is 16.3. The zero-order valence-corrected chi connectivity index (χ0v) is 12.2. The van der Waals surface area contributed by atoms with Crippen LogP contribution < -0.4 is 0 Å². The first-order valence-corrected chi connectivity index (χ1v) is 7.31. The Morgan fingerprint density at radius 1 is 1.30 bits per heavy atom. The summed E-state index contributed by atoms with van der Waals surface area (Å²) in [6.45, 7) is 7.44. The molecule has 1 aliphatic rings. The van der Waals surface area contributed by atoms with Gasteiger partial charge in [0.2, 0.25) is 5.78 Å². The first-order valence-electron chi connectivity index (χ1n) is 7.31. The van der Waals surface area contributed by atoms with Gasteiger partial charge in [0.25, 0.3) is 0 Å². The van der Waals surface area contributed by atoms with Crippen molar-refractivity contribution in [2.75, 3.05) is 19.7 Å². The summed E-state index contributed by atoms with van der Waals surface area (Å²) >= 11 is 0. The van der Waals surface area contributed by atoms with E-state index in [4.69, 9.17) is 0 Å². The van der Waals surface area contributed by atoms with E-state index in [1.807, 2.05) is 13.1 Å². The molecule has 5 nitrogen and oxygen atoms in total. The van der Waals surface area contributed by atoms with Gasteiger partial charge in [0.1, 0.15) is 0 Å². The van der Waals surface area contributed by atoms with Crippen molar-refractivity contribution in [1.29, 1.82) is 0 Å². The number of likely N-dealkylation sites (tertiary alicyclic amines) is 1. The Kier molecular flexibility index (Phi) is 3.72. The van der Waals surface area contributed by atoms with Crippen molar-refractivity contribution < 1.29 is 5.11 Å².